The van der Waals surface area contributed by atoms with Crippen molar-refractivity contribution < 1.29 is 9.59 Å². The van der Waals surface area contributed by atoms with E-state index in [0.717, 1.165) is 59.3 Å². The van der Waals surface area contributed by atoms with E-state index in [1.54, 1.807) is 23.1 Å². The van der Waals surface area contributed by atoms with E-state index >= 15 is 0 Å². The van der Waals surface area contributed by atoms with E-state index in [0.29, 0.717) is 17.2 Å². The summed E-state index contributed by atoms with van der Waals surface area (Å²) in [5.41, 5.74) is 5.44. The van der Waals surface area contributed by atoms with Crippen LogP contribution in [0.1, 0.15) is 66.8 Å². The van der Waals surface area contributed by atoms with Crippen LogP contribution < -0.4 is 16.0 Å². The first kappa shape index (κ1) is 30.1. The number of carbonyl (C=O) groups is 2. The van der Waals surface area contributed by atoms with Gasteiger partial charge in [0.25, 0.3) is 0 Å². The van der Waals surface area contributed by atoms with E-state index in [1.807, 2.05) is 73.7 Å². The molecule has 230 valence electrons. The second kappa shape index (κ2) is 12.6. The van der Waals surface area contributed by atoms with Gasteiger partial charge >= 0.3 is 6.03 Å². The molecule has 1 aliphatic heterocycles. The average Bonchev–Trinajstić information content (AvgIpc) is 3.47. The Bertz CT molecular complexity index is 1820. The molecule has 0 bridgehead atoms. The Morgan fingerprint density at radius 1 is 0.933 bits per heavy atom. The normalized spacial score (nSPS) is 14.7. The highest BCUT2D eigenvalue weighted by Crippen LogP contribution is 2.35. The zero-order chi connectivity index (χ0) is 31.6. The van der Waals surface area contributed by atoms with E-state index in [1.165, 1.54) is 0 Å². The molecule has 0 spiro atoms. The van der Waals surface area contributed by atoms with Gasteiger partial charge in [0.05, 0.1) is 22.8 Å². The van der Waals surface area contributed by atoms with E-state index in [2.05, 4.69) is 46.7 Å². The van der Waals surface area contributed by atoms with Crippen molar-refractivity contribution >= 4 is 34.2 Å². The Kier molecular flexibility index (Phi) is 8.45. The number of hydrogen-bond acceptors (Lipinski definition) is 6. The molecule has 1 fully saturated rings. The number of aromatic nitrogens is 4. The molecule has 2 aromatic carbocycles. The second-order valence-corrected chi connectivity index (χ2v) is 12.8. The first-order valence-corrected chi connectivity index (χ1v) is 15.5. The number of aryl methyl sites for hydroxylation is 1. The minimum Gasteiger partial charge on any atom is -0.317 e. The van der Waals surface area contributed by atoms with Gasteiger partial charge in [-0.25, -0.2) is 14.5 Å². The summed E-state index contributed by atoms with van der Waals surface area (Å²) < 4.78 is 1.76. The van der Waals surface area contributed by atoms with Crippen molar-refractivity contribution in [2.24, 2.45) is 5.92 Å². The molecule has 1 aliphatic rings. The predicted molar refractivity (Wildman–Crippen MR) is 178 cm³/mol. The maximum Gasteiger partial charge on any atom is 0.324 e. The summed E-state index contributed by atoms with van der Waals surface area (Å²) in [4.78, 5) is 36.1. The monoisotopic (exact) mass is 601 g/mol. The number of nitrogens with zero attached hydrogens (tertiary/aromatic N) is 4. The lowest BCUT2D eigenvalue weighted by Gasteiger charge is -2.30. The van der Waals surface area contributed by atoms with Gasteiger partial charge < -0.3 is 10.6 Å². The zero-order valence-corrected chi connectivity index (χ0v) is 26.2. The SMILES string of the molecule is Cc1ccc(-n2nc(C(C)(C)C)cc2NC(=O)Nc2ccc(C(C(=O)c3ccc4cnccc4n3)C3CCNCC3)cc2)cc1. The summed E-state index contributed by atoms with van der Waals surface area (Å²) in [5, 5.41) is 15.0. The number of nitrogens with one attached hydrogen (secondary N) is 3. The molecule has 1 atom stereocenters. The molecule has 1 saturated heterocycles. The first-order valence-electron chi connectivity index (χ1n) is 15.5. The fraction of sp³-hybridized carbons (Fsp3) is 0.306. The summed E-state index contributed by atoms with van der Waals surface area (Å²) in [6.07, 6.45) is 5.25. The maximum absolute atomic E-state index is 14.0. The van der Waals surface area contributed by atoms with Crippen LogP contribution >= 0.6 is 0 Å². The molecule has 1 unspecified atom stereocenters. The van der Waals surface area contributed by atoms with Crippen LogP contribution in [0.2, 0.25) is 0 Å². The Balaban J connectivity index is 1.22. The Morgan fingerprint density at radius 3 is 2.38 bits per heavy atom. The highest BCUT2D eigenvalue weighted by Gasteiger charge is 2.32. The number of piperidine rings is 1. The first-order chi connectivity index (χ1) is 21.7. The Morgan fingerprint density at radius 2 is 1.67 bits per heavy atom. The number of carbonyl (C=O) groups excluding carboxylic acids is 2. The molecule has 4 heterocycles. The molecule has 0 saturated carbocycles. The van der Waals surface area contributed by atoms with Crippen LogP contribution in [0.4, 0.5) is 16.3 Å². The summed E-state index contributed by atoms with van der Waals surface area (Å²) in [7, 11) is 0. The number of Topliss-reactive ketones (excluding diaryl/α,β-unsaturated/α-hetero) is 1. The summed E-state index contributed by atoms with van der Waals surface area (Å²) in [5.74, 6) is 0.447. The number of benzene rings is 2. The summed E-state index contributed by atoms with van der Waals surface area (Å²) in [6.45, 7) is 10.1. The largest absolute Gasteiger partial charge is 0.324 e. The quantitative estimate of drug-likeness (QED) is 0.173. The smallest absolute Gasteiger partial charge is 0.317 e. The van der Waals surface area contributed by atoms with Gasteiger partial charge in [0, 0.05) is 34.9 Å². The van der Waals surface area contributed by atoms with Gasteiger partial charge in [-0.3, -0.25) is 15.1 Å². The fourth-order valence-electron chi connectivity index (χ4n) is 5.85. The van der Waals surface area contributed by atoms with Gasteiger partial charge in [0.1, 0.15) is 11.5 Å². The lowest BCUT2D eigenvalue weighted by atomic mass is 9.77. The van der Waals surface area contributed by atoms with E-state index in [9.17, 15) is 9.59 Å². The van der Waals surface area contributed by atoms with Gasteiger partial charge in [-0.15, -0.1) is 0 Å². The third kappa shape index (κ3) is 6.78. The van der Waals surface area contributed by atoms with Crippen LogP contribution in [0.15, 0.2) is 85.2 Å². The molecule has 3 N–H and O–H groups in total. The van der Waals surface area contributed by atoms with Crippen molar-refractivity contribution in [2.75, 3.05) is 23.7 Å². The number of anilines is 2. The van der Waals surface area contributed by atoms with Crippen LogP contribution in [0.5, 0.6) is 0 Å². The number of urea groups is 1. The third-order valence-electron chi connectivity index (χ3n) is 8.41. The molecule has 9 nitrogen and oxygen atoms in total. The second-order valence-electron chi connectivity index (χ2n) is 12.8. The van der Waals surface area contributed by atoms with E-state index in [4.69, 9.17) is 5.10 Å². The number of amides is 2. The van der Waals surface area contributed by atoms with Gasteiger partial charge in [0.15, 0.2) is 5.78 Å². The van der Waals surface area contributed by atoms with Gasteiger partial charge in [-0.1, -0.05) is 50.6 Å². The molecule has 6 rings (SSSR count). The lowest BCUT2D eigenvalue weighted by molar-refractivity contribution is 0.0911. The van der Waals surface area contributed by atoms with Crippen LogP contribution in [0.3, 0.4) is 0 Å². The number of rotatable bonds is 7. The molecule has 9 heteroatoms. The van der Waals surface area contributed by atoms with Crippen molar-refractivity contribution in [3.63, 3.8) is 0 Å². The molecule has 0 aliphatic carbocycles. The fourth-order valence-corrected chi connectivity index (χ4v) is 5.85. The number of ketones is 1. The van der Waals surface area contributed by atoms with E-state index < -0.39 is 0 Å². The Labute approximate surface area is 263 Å². The summed E-state index contributed by atoms with van der Waals surface area (Å²) >= 11 is 0. The van der Waals surface area contributed by atoms with Gasteiger partial charge in [-0.2, -0.15) is 5.10 Å². The molecule has 3 aromatic heterocycles. The number of fused-ring (bicyclic) bond motifs is 1. The van der Waals surface area contributed by atoms with E-state index in [-0.39, 0.29) is 29.1 Å². The zero-order valence-electron chi connectivity index (χ0n) is 26.2. The third-order valence-corrected chi connectivity index (χ3v) is 8.41. The molecule has 5 aromatic rings. The predicted octanol–water partition coefficient (Wildman–Crippen LogP) is 7.03. The lowest BCUT2D eigenvalue weighted by Crippen LogP contribution is -2.34. The van der Waals surface area contributed by atoms with Crippen LogP contribution in [0.25, 0.3) is 16.6 Å². The Hall–Kier alpha value is -4.89. The molecular weight excluding hydrogens is 562 g/mol. The number of pyridine rings is 2. The number of hydrogen-bond donors (Lipinski definition) is 3. The standard InChI is InChI=1S/C36H39N7O2/c1-23-5-12-28(13-6-23)43-32(21-31(42-43)36(2,3)4)41-35(45)39-27-10-7-24(8-11-27)33(25-15-18-37-19-16-25)34(44)30-14-9-26-22-38-20-17-29(26)40-30/h5-14,17,20-22,25,33,37H,15-16,18-19H2,1-4H3,(H2,39,41,45). The molecule has 0 radical (unpaired) electrons. The maximum atomic E-state index is 14.0. The van der Waals surface area contributed by atoms with Crippen molar-refractivity contribution in [3.8, 4) is 5.69 Å². The van der Waals surface area contributed by atoms with Crippen molar-refractivity contribution in [1.29, 1.82) is 0 Å². The van der Waals surface area contributed by atoms with Crippen LogP contribution in [0, 0.1) is 12.8 Å². The van der Waals surface area contributed by atoms with Gasteiger partial charge in [-0.05, 0) is 86.8 Å². The molecule has 45 heavy (non-hydrogen) atoms. The van der Waals surface area contributed by atoms with Crippen LogP contribution in [-0.2, 0) is 5.41 Å². The van der Waals surface area contributed by atoms with Gasteiger partial charge in [0.2, 0.25) is 0 Å². The minimum atomic E-state index is -0.377. The minimum absolute atomic E-state index is 0.0121. The van der Waals surface area contributed by atoms with Crippen LogP contribution in [-0.4, -0.2) is 44.7 Å². The highest BCUT2D eigenvalue weighted by atomic mass is 16.2. The van der Waals surface area contributed by atoms with Crippen molar-refractivity contribution in [2.45, 2.75) is 51.9 Å². The molecular formula is C36H39N7O2. The average molecular weight is 602 g/mol. The molecule has 2 amide bonds. The van der Waals surface area contributed by atoms with Crippen molar-refractivity contribution in [1.82, 2.24) is 25.1 Å². The topological polar surface area (TPSA) is 114 Å². The highest BCUT2D eigenvalue weighted by molar-refractivity contribution is 6.02. The summed E-state index contributed by atoms with van der Waals surface area (Å²) in [6, 6.07) is 22.7. The van der Waals surface area contributed by atoms with Crippen molar-refractivity contribution in [3.05, 3.63) is 108 Å².